The molecule has 2 aromatic heterocycles. The number of nitrogens with one attached hydrogen (secondary N) is 2. The summed E-state index contributed by atoms with van der Waals surface area (Å²) in [7, 11) is 4.21. The van der Waals surface area contributed by atoms with Crippen LogP contribution in [0.4, 0.5) is 4.79 Å². The first-order valence-corrected chi connectivity index (χ1v) is 26.4. The molecule has 404 valence electrons. The molecule has 4 aromatic carbocycles. The van der Waals surface area contributed by atoms with Gasteiger partial charge in [0.1, 0.15) is 11.4 Å². The molecule has 0 saturated carbocycles. The van der Waals surface area contributed by atoms with Gasteiger partial charge in [0.05, 0.1) is 105 Å². The molecule has 2 aliphatic rings. The summed E-state index contributed by atoms with van der Waals surface area (Å²) in [5.74, 6) is 0.277. The van der Waals surface area contributed by atoms with Crippen molar-refractivity contribution >= 4 is 64.8 Å². The number of carbonyl (C=O) groups excluding carboxylic acids is 1. The van der Waals surface area contributed by atoms with Gasteiger partial charge in [0.15, 0.2) is 0 Å². The molecule has 0 fully saturated rings. The van der Waals surface area contributed by atoms with E-state index in [0.29, 0.717) is 126 Å². The standard InChI is InChI=1S/C53H64Cl4N10O7.ClH/c1-64-31-45(43-27-41(54)29-49(56)47(43)33-64)37-5-3-7-39(25-37)51-35-66(62-60-51)11-15-71-19-23-73-21-17-69-13-9-58-53(68)59-10-14-70-18-22-74-24-20-72-16-12-67-36-52(61-63-67)40-8-4-6-38(26-40)46-32-65(2)34-48-44(46)28-42(55)30-50(48)57;/h3-8,25-30,35-36,45-46H,9-24,31-34H2,1-2H3,(H2,58,59,68);1H/t45-,46-;/m0./s1. The Labute approximate surface area is 464 Å². The molecule has 75 heavy (non-hydrogen) atoms. The second kappa shape index (κ2) is 29.9. The molecule has 0 saturated heterocycles. The summed E-state index contributed by atoms with van der Waals surface area (Å²) in [5, 5.41) is 25.7. The largest absolute Gasteiger partial charge is 0.377 e. The Morgan fingerprint density at radius 2 is 0.933 bits per heavy atom. The highest BCUT2D eigenvalue weighted by Gasteiger charge is 2.29. The molecule has 0 bridgehead atoms. The molecule has 0 aliphatic carbocycles. The van der Waals surface area contributed by atoms with Gasteiger partial charge in [-0.3, -0.25) is 0 Å². The molecule has 2 N–H and O–H groups in total. The number of hydrogen-bond acceptors (Lipinski definition) is 13. The normalized spacial score (nSPS) is 15.6. The topological polar surface area (TPSA) is 164 Å². The summed E-state index contributed by atoms with van der Waals surface area (Å²) in [4.78, 5) is 16.6. The summed E-state index contributed by atoms with van der Waals surface area (Å²) >= 11 is 26.0. The zero-order valence-electron chi connectivity index (χ0n) is 42.2. The Balaban J connectivity index is 0.00000820. The predicted octanol–water partition coefficient (Wildman–Crippen LogP) is 8.49. The van der Waals surface area contributed by atoms with Crippen molar-refractivity contribution in [3.05, 3.63) is 139 Å². The number of nitrogens with zero attached hydrogens (tertiary/aromatic N) is 8. The maximum Gasteiger partial charge on any atom is 0.314 e. The summed E-state index contributed by atoms with van der Waals surface area (Å²) in [6, 6.07) is 24.2. The molecule has 6 aromatic rings. The lowest BCUT2D eigenvalue weighted by Crippen LogP contribution is -2.39. The third-order valence-corrected chi connectivity index (χ3v) is 13.8. The molecular formula is C53H65Cl5N10O7. The summed E-state index contributed by atoms with van der Waals surface area (Å²) in [6.45, 7) is 10.3. The lowest BCUT2D eigenvalue weighted by Gasteiger charge is -2.33. The van der Waals surface area contributed by atoms with Gasteiger partial charge in [-0.05, 0) is 83.9 Å². The number of likely N-dealkylation sites (N-methyl/N-ethyl adjacent to an activating group) is 2. The van der Waals surface area contributed by atoms with Gasteiger partial charge in [0.25, 0.3) is 0 Å². The van der Waals surface area contributed by atoms with Crippen LogP contribution in [0.2, 0.25) is 20.1 Å². The molecule has 22 heteroatoms. The van der Waals surface area contributed by atoms with Crippen molar-refractivity contribution in [3.8, 4) is 22.5 Å². The number of fused-ring (bicyclic) bond motifs is 2. The second-order valence-electron chi connectivity index (χ2n) is 18.3. The molecule has 17 nitrogen and oxygen atoms in total. The number of benzene rings is 4. The monoisotopic (exact) mass is 1130 g/mol. The van der Waals surface area contributed by atoms with Crippen LogP contribution in [0.15, 0.2) is 85.2 Å². The van der Waals surface area contributed by atoms with E-state index in [2.05, 4.69) is 91.6 Å². The van der Waals surface area contributed by atoms with E-state index in [1.807, 2.05) is 48.8 Å². The molecule has 8 rings (SSSR count). The van der Waals surface area contributed by atoms with Crippen LogP contribution in [-0.2, 0) is 54.6 Å². The Morgan fingerprint density at radius 3 is 1.35 bits per heavy atom. The van der Waals surface area contributed by atoms with Crippen molar-refractivity contribution in [1.29, 1.82) is 0 Å². The van der Waals surface area contributed by atoms with Gasteiger partial charge in [0.2, 0.25) is 0 Å². The van der Waals surface area contributed by atoms with E-state index in [1.54, 1.807) is 9.36 Å². The number of aromatic nitrogens is 6. The van der Waals surface area contributed by atoms with Gasteiger partial charge in [-0.25, -0.2) is 14.2 Å². The fourth-order valence-corrected chi connectivity index (χ4v) is 10.2. The molecule has 4 heterocycles. The highest BCUT2D eigenvalue weighted by molar-refractivity contribution is 6.35. The predicted molar refractivity (Wildman–Crippen MR) is 294 cm³/mol. The molecule has 0 radical (unpaired) electrons. The maximum atomic E-state index is 12.1. The van der Waals surface area contributed by atoms with Crippen LogP contribution in [0, 0.1) is 0 Å². The number of rotatable bonds is 28. The van der Waals surface area contributed by atoms with E-state index < -0.39 is 0 Å². The van der Waals surface area contributed by atoms with E-state index in [-0.39, 0.29) is 30.3 Å². The smallest absolute Gasteiger partial charge is 0.314 e. The van der Waals surface area contributed by atoms with Gasteiger partial charge in [-0.15, -0.1) is 22.6 Å². The number of urea groups is 1. The zero-order valence-corrected chi connectivity index (χ0v) is 46.1. The van der Waals surface area contributed by atoms with Crippen LogP contribution < -0.4 is 10.6 Å². The second-order valence-corrected chi connectivity index (χ2v) is 19.9. The molecule has 2 aliphatic heterocycles. The van der Waals surface area contributed by atoms with E-state index in [0.717, 1.165) is 59.8 Å². The third-order valence-electron chi connectivity index (χ3n) is 12.7. The maximum absolute atomic E-state index is 12.1. The lowest BCUT2D eigenvalue weighted by molar-refractivity contribution is 0.0131. The number of carbonyl (C=O) groups is 1. The van der Waals surface area contributed by atoms with Crippen LogP contribution in [0.1, 0.15) is 45.2 Å². The highest BCUT2D eigenvalue weighted by Crippen LogP contribution is 2.41. The quantitative estimate of drug-likeness (QED) is 0.0450. The average molecular weight is 1130 g/mol. The number of halogens is 5. The first-order chi connectivity index (χ1) is 36.1. The third kappa shape index (κ3) is 17.3. The minimum Gasteiger partial charge on any atom is -0.377 e. The molecule has 0 spiro atoms. The fraction of sp³-hybridized carbons (Fsp3) is 0.453. The Kier molecular flexibility index (Phi) is 23.2. The van der Waals surface area contributed by atoms with E-state index in [1.165, 1.54) is 22.3 Å². The van der Waals surface area contributed by atoms with Crippen molar-refractivity contribution < 1.29 is 33.2 Å². The van der Waals surface area contributed by atoms with Gasteiger partial charge >= 0.3 is 6.03 Å². The van der Waals surface area contributed by atoms with Crippen LogP contribution in [0.5, 0.6) is 0 Å². The average Bonchev–Trinajstić information content (AvgIpc) is 4.08. The van der Waals surface area contributed by atoms with Gasteiger partial charge in [-0.1, -0.05) is 93.2 Å². The van der Waals surface area contributed by atoms with Crippen molar-refractivity contribution in [2.24, 2.45) is 0 Å². The fourth-order valence-electron chi connectivity index (χ4n) is 9.11. The Morgan fingerprint density at radius 1 is 0.547 bits per heavy atom. The van der Waals surface area contributed by atoms with Crippen LogP contribution in [-0.4, -0.2) is 165 Å². The molecule has 2 amide bonds. The van der Waals surface area contributed by atoms with E-state index in [9.17, 15) is 4.79 Å². The molecular weight excluding hydrogens is 1070 g/mol. The van der Waals surface area contributed by atoms with Gasteiger partial charge < -0.3 is 48.9 Å². The van der Waals surface area contributed by atoms with Crippen molar-refractivity contribution in [3.63, 3.8) is 0 Å². The summed E-state index contributed by atoms with van der Waals surface area (Å²) < 4.78 is 37.4. The number of hydrogen-bond donors (Lipinski definition) is 2. The molecule has 0 unspecified atom stereocenters. The summed E-state index contributed by atoms with van der Waals surface area (Å²) in [6.07, 6.45) is 3.86. The Bertz CT molecular complexity index is 2570. The first-order valence-electron chi connectivity index (χ1n) is 24.9. The van der Waals surface area contributed by atoms with Gasteiger partial charge in [0, 0.05) is 82.3 Å². The van der Waals surface area contributed by atoms with Crippen molar-refractivity contribution in [1.82, 2.24) is 50.4 Å². The number of ether oxygens (including phenoxy) is 6. The highest BCUT2D eigenvalue weighted by atomic mass is 35.5. The van der Waals surface area contributed by atoms with Crippen LogP contribution in [0.3, 0.4) is 0 Å². The van der Waals surface area contributed by atoms with Crippen molar-refractivity contribution in [2.45, 2.75) is 38.0 Å². The zero-order chi connectivity index (χ0) is 51.7. The minimum absolute atomic E-state index is 0. The first kappa shape index (κ1) is 58.2. The van der Waals surface area contributed by atoms with Crippen LogP contribution >= 0.6 is 58.8 Å². The van der Waals surface area contributed by atoms with E-state index in [4.69, 9.17) is 74.8 Å². The van der Waals surface area contributed by atoms with Crippen molar-refractivity contribution in [2.75, 3.05) is 120 Å². The van der Waals surface area contributed by atoms with E-state index >= 15 is 0 Å². The minimum atomic E-state index is -0.287. The SMILES string of the molecule is CN1Cc2c(Cl)cc(Cl)cc2[C@H](c2cccc(-c3cn(CCOCCOCCOCCNC(=O)NCCOCCOCCOCCn4cc(-c5cccc([C@@H]6CN(C)Cc7c(Cl)cc(Cl)cc76)c5)nn4)nn3)c2)C1.Cl. The molecule has 2 atom stereocenters. The Hall–Kier alpha value is -4.44. The van der Waals surface area contributed by atoms with Gasteiger partial charge in [-0.2, -0.15) is 0 Å². The lowest BCUT2D eigenvalue weighted by atomic mass is 9.84. The van der Waals surface area contributed by atoms with Crippen LogP contribution in [0.25, 0.3) is 22.5 Å². The summed E-state index contributed by atoms with van der Waals surface area (Å²) in [5.41, 5.74) is 10.5. The number of amides is 2.